The zero-order chi connectivity index (χ0) is 11.5. The van der Waals surface area contributed by atoms with Gasteiger partial charge in [0.15, 0.2) is 5.41 Å². The maximum atomic E-state index is 11.5. The predicted octanol–water partition coefficient (Wildman–Crippen LogP) is 1.20. The van der Waals surface area contributed by atoms with E-state index in [2.05, 4.69) is 4.74 Å². The van der Waals surface area contributed by atoms with E-state index in [1.807, 2.05) is 0 Å². The van der Waals surface area contributed by atoms with Crippen LogP contribution in [0.3, 0.4) is 0 Å². The van der Waals surface area contributed by atoms with E-state index >= 15 is 0 Å². The zero-order valence-electron chi connectivity index (χ0n) is 8.56. The van der Waals surface area contributed by atoms with Crippen LogP contribution in [0.15, 0.2) is 30.3 Å². The molecule has 0 heterocycles. The van der Waals surface area contributed by atoms with Crippen LogP contribution < -0.4 is 0 Å². The maximum Gasteiger partial charge on any atom is 0.327 e. The number of esters is 1. The third kappa shape index (κ3) is 1.83. The van der Waals surface area contributed by atoms with Crippen molar-refractivity contribution in [3.05, 3.63) is 35.9 Å². The smallest absolute Gasteiger partial charge is 0.327 e. The normalized spacial score (nSPS) is 14.0. The first-order valence-corrected chi connectivity index (χ1v) is 4.40. The van der Waals surface area contributed by atoms with Gasteiger partial charge in [0.2, 0.25) is 0 Å². The van der Waals surface area contributed by atoms with Gasteiger partial charge in [-0.25, -0.2) is 0 Å². The van der Waals surface area contributed by atoms with Crippen LogP contribution in [-0.2, 0) is 19.7 Å². The SMILES string of the molecule is COC(=O)[C@@](C)(C(=O)O)c1ccccc1. The summed E-state index contributed by atoms with van der Waals surface area (Å²) in [5.41, 5.74) is -1.24. The Hall–Kier alpha value is -1.84. The minimum absolute atomic E-state index is 0.407. The molecule has 4 heteroatoms. The van der Waals surface area contributed by atoms with E-state index in [-0.39, 0.29) is 0 Å². The van der Waals surface area contributed by atoms with Crippen LogP contribution in [0.4, 0.5) is 0 Å². The Bertz CT molecular complexity index is 371. The lowest BCUT2D eigenvalue weighted by molar-refractivity contribution is -0.158. The largest absolute Gasteiger partial charge is 0.480 e. The highest BCUT2D eigenvalue weighted by molar-refractivity contribution is 6.04. The quantitative estimate of drug-likeness (QED) is 0.598. The van der Waals surface area contributed by atoms with Crippen LogP contribution >= 0.6 is 0 Å². The Morgan fingerprint density at radius 3 is 2.20 bits per heavy atom. The molecule has 15 heavy (non-hydrogen) atoms. The number of rotatable bonds is 3. The molecule has 4 nitrogen and oxygen atoms in total. The van der Waals surface area contributed by atoms with Crippen molar-refractivity contribution >= 4 is 11.9 Å². The highest BCUT2D eigenvalue weighted by Crippen LogP contribution is 2.25. The summed E-state index contributed by atoms with van der Waals surface area (Å²) in [6.45, 7) is 1.33. The highest BCUT2D eigenvalue weighted by atomic mass is 16.5. The molecular formula is C11H12O4. The van der Waals surface area contributed by atoms with Gasteiger partial charge in [-0.05, 0) is 12.5 Å². The van der Waals surface area contributed by atoms with Gasteiger partial charge in [0.1, 0.15) is 0 Å². The molecule has 0 fully saturated rings. The minimum atomic E-state index is -1.64. The predicted molar refractivity (Wildman–Crippen MR) is 53.4 cm³/mol. The molecule has 1 aromatic rings. The lowest BCUT2D eigenvalue weighted by Crippen LogP contribution is -2.41. The summed E-state index contributed by atoms with van der Waals surface area (Å²) in [6, 6.07) is 8.29. The monoisotopic (exact) mass is 208 g/mol. The van der Waals surface area contributed by atoms with Crippen LogP contribution in [0.5, 0.6) is 0 Å². The number of ether oxygens (including phenoxy) is 1. The molecule has 0 bridgehead atoms. The lowest BCUT2D eigenvalue weighted by atomic mass is 9.82. The van der Waals surface area contributed by atoms with E-state index in [4.69, 9.17) is 5.11 Å². The molecule has 0 amide bonds. The molecule has 0 aliphatic carbocycles. The molecule has 0 spiro atoms. The number of benzene rings is 1. The van der Waals surface area contributed by atoms with Gasteiger partial charge >= 0.3 is 11.9 Å². The summed E-state index contributed by atoms with van der Waals surface area (Å²) in [6.07, 6.45) is 0. The number of hydrogen-bond acceptors (Lipinski definition) is 3. The lowest BCUT2D eigenvalue weighted by Gasteiger charge is -2.21. The molecule has 80 valence electrons. The maximum absolute atomic E-state index is 11.5. The van der Waals surface area contributed by atoms with Crippen molar-refractivity contribution in [3.63, 3.8) is 0 Å². The fourth-order valence-corrected chi connectivity index (χ4v) is 1.30. The average Bonchev–Trinajstić information content (AvgIpc) is 2.27. The topological polar surface area (TPSA) is 63.6 Å². The summed E-state index contributed by atoms with van der Waals surface area (Å²) in [4.78, 5) is 22.6. The molecule has 1 rings (SSSR count). The molecular weight excluding hydrogens is 196 g/mol. The summed E-state index contributed by atoms with van der Waals surface area (Å²) in [5.74, 6) is -2.00. The molecule has 0 aromatic heterocycles. The van der Waals surface area contributed by atoms with Crippen LogP contribution in [0.1, 0.15) is 12.5 Å². The number of carbonyl (C=O) groups is 2. The molecule has 1 N–H and O–H groups in total. The van der Waals surface area contributed by atoms with Crippen molar-refractivity contribution in [2.45, 2.75) is 12.3 Å². The van der Waals surface area contributed by atoms with E-state index in [9.17, 15) is 9.59 Å². The Morgan fingerprint density at radius 2 is 1.80 bits per heavy atom. The standard InChI is InChI=1S/C11H12O4/c1-11(9(12)13,10(14)15-2)8-6-4-3-5-7-8/h3-7H,1-2H3,(H,12,13)/t11-/m1/s1. The first-order valence-electron chi connectivity index (χ1n) is 4.40. The summed E-state index contributed by atoms with van der Waals surface area (Å²) in [5, 5.41) is 9.09. The second-order valence-electron chi connectivity index (χ2n) is 3.29. The Kier molecular flexibility index (Phi) is 3.09. The van der Waals surface area contributed by atoms with E-state index in [1.54, 1.807) is 30.3 Å². The second-order valence-corrected chi connectivity index (χ2v) is 3.29. The number of methoxy groups -OCH3 is 1. The van der Waals surface area contributed by atoms with Gasteiger partial charge in [-0.2, -0.15) is 0 Å². The molecule has 0 saturated heterocycles. The Balaban J connectivity index is 3.25. The first kappa shape index (κ1) is 11.2. The summed E-state index contributed by atoms with van der Waals surface area (Å²) < 4.78 is 4.51. The van der Waals surface area contributed by atoms with Crippen molar-refractivity contribution in [2.75, 3.05) is 7.11 Å². The molecule has 0 aliphatic heterocycles. The average molecular weight is 208 g/mol. The van der Waals surface area contributed by atoms with E-state index in [0.29, 0.717) is 5.56 Å². The molecule has 0 saturated carbocycles. The minimum Gasteiger partial charge on any atom is -0.480 e. The highest BCUT2D eigenvalue weighted by Gasteiger charge is 2.44. The second kappa shape index (κ2) is 4.13. The van der Waals surface area contributed by atoms with Gasteiger partial charge in [-0.1, -0.05) is 30.3 Å². The number of carboxylic acid groups (broad SMARTS) is 1. The Morgan fingerprint density at radius 1 is 1.27 bits per heavy atom. The van der Waals surface area contributed by atoms with Crippen molar-refractivity contribution in [3.8, 4) is 0 Å². The van der Waals surface area contributed by atoms with Gasteiger partial charge in [0.25, 0.3) is 0 Å². The van der Waals surface area contributed by atoms with Crippen LogP contribution in [0, 0.1) is 0 Å². The molecule has 1 aromatic carbocycles. The van der Waals surface area contributed by atoms with E-state index in [0.717, 1.165) is 0 Å². The number of carbonyl (C=O) groups excluding carboxylic acids is 1. The molecule has 1 atom stereocenters. The zero-order valence-corrected chi connectivity index (χ0v) is 8.56. The molecule has 0 radical (unpaired) electrons. The van der Waals surface area contributed by atoms with Gasteiger partial charge in [-0.3, -0.25) is 9.59 Å². The summed E-state index contributed by atoms with van der Waals surface area (Å²) in [7, 11) is 1.17. The van der Waals surface area contributed by atoms with Gasteiger partial charge in [0, 0.05) is 0 Å². The van der Waals surface area contributed by atoms with E-state index in [1.165, 1.54) is 14.0 Å². The molecule has 0 aliphatic rings. The number of carboxylic acids is 1. The van der Waals surface area contributed by atoms with E-state index < -0.39 is 17.4 Å². The van der Waals surface area contributed by atoms with Crippen molar-refractivity contribution in [2.24, 2.45) is 0 Å². The Labute approximate surface area is 87.5 Å². The summed E-state index contributed by atoms with van der Waals surface area (Å²) >= 11 is 0. The van der Waals surface area contributed by atoms with Crippen molar-refractivity contribution in [1.29, 1.82) is 0 Å². The number of aliphatic carboxylic acids is 1. The van der Waals surface area contributed by atoms with Crippen LogP contribution in [0.25, 0.3) is 0 Å². The third-order valence-corrected chi connectivity index (χ3v) is 2.37. The van der Waals surface area contributed by atoms with Crippen LogP contribution in [-0.4, -0.2) is 24.2 Å². The van der Waals surface area contributed by atoms with Crippen molar-refractivity contribution < 1.29 is 19.4 Å². The van der Waals surface area contributed by atoms with Gasteiger partial charge in [-0.15, -0.1) is 0 Å². The fraction of sp³-hybridized carbons (Fsp3) is 0.273. The van der Waals surface area contributed by atoms with Crippen molar-refractivity contribution in [1.82, 2.24) is 0 Å². The third-order valence-electron chi connectivity index (χ3n) is 2.37. The number of hydrogen-bond donors (Lipinski definition) is 1. The van der Waals surface area contributed by atoms with Gasteiger partial charge < -0.3 is 9.84 Å². The first-order chi connectivity index (χ1) is 7.03. The molecule has 0 unspecified atom stereocenters. The van der Waals surface area contributed by atoms with Gasteiger partial charge in [0.05, 0.1) is 7.11 Å². The fourth-order valence-electron chi connectivity index (χ4n) is 1.30. The van der Waals surface area contributed by atoms with Crippen LogP contribution in [0.2, 0.25) is 0 Å².